The highest BCUT2D eigenvalue weighted by Crippen LogP contribution is 2.22. The Bertz CT molecular complexity index is 296. The third-order valence-corrected chi connectivity index (χ3v) is 2.38. The van der Waals surface area contributed by atoms with Gasteiger partial charge in [-0.3, -0.25) is 0 Å². The Labute approximate surface area is 75.1 Å². The molecule has 0 amide bonds. The first-order valence-electron chi connectivity index (χ1n) is 3.63. The zero-order chi connectivity index (χ0) is 9.19. The maximum Gasteiger partial charge on any atom is 0.469 e. The molecule has 12 heavy (non-hydrogen) atoms. The van der Waals surface area contributed by atoms with Gasteiger partial charge in [0.15, 0.2) is 0 Å². The van der Waals surface area contributed by atoms with Crippen LogP contribution >= 0.6 is 0 Å². The van der Waals surface area contributed by atoms with Crippen molar-refractivity contribution in [2.24, 2.45) is 0 Å². The normalized spacial score (nSPS) is 11.2. The van der Waals surface area contributed by atoms with E-state index >= 15 is 0 Å². The molecule has 0 spiro atoms. The summed E-state index contributed by atoms with van der Waals surface area (Å²) in [6, 6.07) is 6.14. The van der Waals surface area contributed by atoms with Gasteiger partial charge in [-0.05, 0) is 12.1 Å². The third kappa shape index (κ3) is 1.85. The molecule has 1 aromatic rings. The van der Waals surface area contributed by atoms with E-state index < -0.39 is 4.75 Å². The van der Waals surface area contributed by atoms with E-state index in [9.17, 15) is 8.60 Å². The first kappa shape index (κ1) is 9.26. The van der Waals surface area contributed by atoms with Crippen molar-refractivity contribution < 1.29 is 8.60 Å². The van der Waals surface area contributed by atoms with Crippen molar-refractivity contribution in [3.05, 3.63) is 35.6 Å². The van der Waals surface area contributed by atoms with Gasteiger partial charge in [0.1, 0.15) is 5.82 Å². The molecule has 0 atom stereocenters. The van der Waals surface area contributed by atoms with E-state index in [0.717, 1.165) is 5.56 Å². The van der Waals surface area contributed by atoms with Crippen molar-refractivity contribution in [1.82, 2.24) is 0 Å². The molecule has 1 nitrogen and oxygen atoms in total. The molecule has 0 fully saturated rings. The van der Waals surface area contributed by atoms with Crippen LogP contribution in [0.4, 0.5) is 4.39 Å². The van der Waals surface area contributed by atoms with Crippen LogP contribution in [0.15, 0.2) is 24.3 Å². The zero-order valence-electron chi connectivity index (χ0n) is 7.00. The van der Waals surface area contributed by atoms with E-state index in [1.807, 2.05) is 0 Å². The lowest BCUT2D eigenvalue weighted by Gasteiger charge is -2.04. The van der Waals surface area contributed by atoms with E-state index in [4.69, 9.17) is 0 Å². The topological polar surface area (TPSA) is 17.1 Å². The Kier molecular flexibility index (Phi) is 2.52. The van der Waals surface area contributed by atoms with Crippen molar-refractivity contribution in [1.29, 1.82) is 0 Å². The molecule has 0 aromatic heterocycles. The highest BCUT2D eigenvalue weighted by atomic mass is 32.1. The molecule has 0 unspecified atom stereocenters. The molecule has 0 bridgehead atoms. The summed E-state index contributed by atoms with van der Waals surface area (Å²) in [5.41, 5.74) is 0.725. The number of halogens is 1. The van der Waals surface area contributed by atoms with Crippen LogP contribution in [0.2, 0.25) is 0 Å². The van der Waals surface area contributed by atoms with Crippen LogP contribution in [-0.2, 0) is 20.6 Å². The molecule has 64 valence electrons. The SMILES string of the molecule is CC(C)([S+]=O)c1cccc(F)c1. The Balaban J connectivity index is 3.11. The summed E-state index contributed by atoms with van der Waals surface area (Å²) < 4.78 is 22.8. The first-order valence-corrected chi connectivity index (χ1v) is 4.37. The predicted octanol–water partition coefficient (Wildman–Crippen LogP) is 2.49. The minimum absolute atomic E-state index is 0.297. The fraction of sp³-hybridized carbons (Fsp3) is 0.333. The van der Waals surface area contributed by atoms with Gasteiger partial charge in [-0.2, -0.15) is 0 Å². The highest BCUT2D eigenvalue weighted by molar-refractivity contribution is 7.66. The summed E-state index contributed by atoms with van der Waals surface area (Å²) in [4.78, 5) is 0. The van der Waals surface area contributed by atoms with Gasteiger partial charge in [-0.1, -0.05) is 12.1 Å². The Morgan fingerprint density at radius 3 is 2.58 bits per heavy atom. The van der Waals surface area contributed by atoms with Gasteiger partial charge in [0.2, 0.25) is 0 Å². The standard InChI is InChI=1S/C9H10FOS/c1-9(2,12-11)7-4-3-5-8(10)6-7/h3-6H,1-2H3/q+1. The first-order chi connectivity index (χ1) is 5.56. The third-order valence-electron chi connectivity index (χ3n) is 1.73. The van der Waals surface area contributed by atoms with Crippen LogP contribution in [-0.4, -0.2) is 0 Å². The Morgan fingerprint density at radius 2 is 2.08 bits per heavy atom. The van der Waals surface area contributed by atoms with Crippen molar-refractivity contribution >= 4 is 11.7 Å². The lowest BCUT2D eigenvalue weighted by atomic mass is 10.0. The second-order valence-corrected chi connectivity index (χ2v) is 4.29. The second-order valence-electron chi connectivity index (χ2n) is 3.10. The summed E-state index contributed by atoms with van der Waals surface area (Å²) in [6.45, 7) is 3.55. The van der Waals surface area contributed by atoms with Crippen molar-refractivity contribution in [3.63, 3.8) is 0 Å². The van der Waals surface area contributed by atoms with Gasteiger partial charge in [0, 0.05) is 23.6 Å². The molecule has 1 rings (SSSR count). The van der Waals surface area contributed by atoms with Crippen LogP contribution in [0.25, 0.3) is 0 Å². The molecular weight excluding hydrogens is 175 g/mol. The lowest BCUT2D eigenvalue weighted by Crippen LogP contribution is -2.14. The summed E-state index contributed by atoms with van der Waals surface area (Å²) >= 11 is 0.472. The van der Waals surface area contributed by atoms with E-state index in [0.29, 0.717) is 11.7 Å². The van der Waals surface area contributed by atoms with Gasteiger partial charge < -0.3 is 0 Å². The zero-order valence-corrected chi connectivity index (χ0v) is 7.82. The fourth-order valence-corrected chi connectivity index (χ4v) is 1.13. The molecule has 0 radical (unpaired) electrons. The average molecular weight is 185 g/mol. The van der Waals surface area contributed by atoms with Crippen LogP contribution in [0.1, 0.15) is 19.4 Å². The minimum atomic E-state index is -0.553. The van der Waals surface area contributed by atoms with Gasteiger partial charge in [-0.15, -0.1) is 0 Å². The molecule has 0 saturated carbocycles. The number of hydrogen-bond donors (Lipinski definition) is 0. The van der Waals surface area contributed by atoms with E-state index in [1.54, 1.807) is 26.0 Å². The van der Waals surface area contributed by atoms with Crippen molar-refractivity contribution in [2.75, 3.05) is 0 Å². The van der Waals surface area contributed by atoms with Crippen LogP contribution in [0, 0.1) is 5.82 Å². The van der Waals surface area contributed by atoms with Crippen LogP contribution < -0.4 is 0 Å². The van der Waals surface area contributed by atoms with Gasteiger partial charge in [0.25, 0.3) is 4.75 Å². The van der Waals surface area contributed by atoms with E-state index in [1.165, 1.54) is 12.1 Å². The number of hydrogen-bond acceptors (Lipinski definition) is 1. The molecule has 0 aliphatic rings. The Hall–Kier alpha value is -0.830. The smallest absolute Gasteiger partial charge is 0.207 e. The van der Waals surface area contributed by atoms with Crippen LogP contribution in [0.5, 0.6) is 0 Å². The lowest BCUT2D eigenvalue weighted by molar-refractivity contribution is 0.582. The molecule has 3 heteroatoms. The van der Waals surface area contributed by atoms with E-state index in [-0.39, 0.29) is 5.82 Å². The summed E-state index contributed by atoms with van der Waals surface area (Å²) in [6.07, 6.45) is 0. The average Bonchev–Trinajstić information content (AvgIpc) is 2.05. The summed E-state index contributed by atoms with van der Waals surface area (Å²) in [5, 5.41) is 0. The Morgan fingerprint density at radius 1 is 1.42 bits per heavy atom. The number of rotatable bonds is 2. The van der Waals surface area contributed by atoms with Gasteiger partial charge >= 0.3 is 11.7 Å². The molecule has 1 aromatic carbocycles. The van der Waals surface area contributed by atoms with Crippen molar-refractivity contribution in [3.8, 4) is 0 Å². The molecule has 0 saturated heterocycles. The monoisotopic (exact) mass is 185 g/mol. The van der Waals surface area contributed by atoms with Gasteiger partial charge in [-0.25, -0.2) is 4.39 Å². The maximum absolute atomic E-state index is 12.7. The molecule has 0 N–H and O–H groups in total. The molecule has 0 aliphatic carbocycles. The van der Waals surface area contributed by atoms with Gasteiger partial charge in [0.05, 0.1) is 0 Å². The van der Waals surface area contributed by atoms with E-state index in [2.05, 4.69) is 0 Å². The van der Waals surface area contributed by atoms with Crippen molar-refractivity contribution in [2.45, 2.75) is 18.6 Å². The fourth-order valence-electron chi connectivity index (χ4n) is 0.911. The summed E-state index contributed by atoms with van der Waals surface area (Å²) in [5.74, 6) is -0.297. The highest BCUT2D eigenvalue weighted by Gasteiger charge is 2.35. The molecule has 0 aliphatic heterocycles. The second kappa shape index (κ2) is 3.27. The summed E-state index contributed by atoms with van der Waals surface area (Å²) in [7, 11) is 0. The molecule has 0 heterocycles. The predicted molar refractivity (Wildman–Crippen MR) is 47.5 cm³/mol. The largest absolute Gasteiger partial charge is 0.469 e. The van der Waals surface area contributed by atoms with Crippen LogP contribution in [0.3, 0.4) is 0 Å². The number of benzene rings is 1. The minimum Gasteiger partial charge on any atom is -0.207 e. The quantitative estimate of drug-likeness (QED) is 0.647. The maximum atomic E-state index is 12.7. The molecular formula is C9H10FOS+.